The van der Waals surface area contributed by atoms with Crippen LogP contribution in [-0.2, 0) is 0 Å². The molecule has 2 rings (SSSR count). The zero-order chi connectivity index (χ0) is 11.7. The number of aromatic nitrogens is 2. The van der Waals surface area contributed by atoms with E-state index in [1.807, 2.05) is 20.8 Å². The van der Waals surface area contributed by atoms with Crippen LogP contribution < -0.4 is 10.7 Å². The van der Waals surface area contributed by atoms with Gasteiger partial charge in [0.2, 0.25) is 0 Å². The first-order valence-corrected chi connectivity index (χ1v) is 6.01. The molecule has 15 heavy (non-hydrogen) atoms. The lowest BCUT2D eigenvalue weighted by atomic mass is 10.2. The molecule has 0 radical (unpaired) electrons. The molecule has 0 amide bonds. The van der Waals surface area contributed by atoms with Crippen LogP contribution in [0.5, 0.6) is 0 Å². The minimum Gasteiger partial charge on any atom is -0.342 e. The molecule has 0 bridgehead atoms. The van der Waals surface area contributed by atoms with Crippen LogP contribution in [0.25, 0.3) is 12.2 Å². The standard InChI is InChI=1S/C8H10N2.C3H8.C2H6/c1-6-9-7-4-2-3-5-8(7)10-6;1-3-2;1-2/h4-5H,2-3H2,1H3,(H,9,10);3H2,1-2H3;1-2H3. The van der Waals surface area contributed by atoms with Gasteiger partial charge in [-0.3, -0.25) is 0 Å². The lowest BCUT2D eigenvalue weighted by molar-refractivity contribution is 1.09. The van der Waals surface area contributed by atoms with Gasteiger partial charge in [-0.1, -0.05) is 46.3 Å². The summed E-state index contributed by atoms with van der Waals surface area (Å²) >= 11 is 0. The molecule has 2 nitrogen and oxygen atoms in total. The van der Waals surface area contributed by atoms with Crippen molar-refractivity contribution >= 4 is 12.2 Å². The van der Waals surface area contributed by atoms with Crippen molar-refractivity contribution < 1.29 is 0 Å². The molecule has 1 aliphatic carbocycles. The minimum atomic E-state index is 1.01. The highest BCUT2D eigenvalue weighted by molar-refractivity contribution is 5.33. The maximum atomic E-state index is 4.31. The van der Waals surface area contributed by atoms with Crippen molar-refractivity contribution in [1.29, 1.82) is 0 Å². The number of fused-ring (bicyclic) bond motifs is 1. The van der Waals surface area contributed by atoms with Crippen LogP contribution in [0.3, 0.4) is 0 Å². The van der Waals surface area contributed by atoms with Crippen LogP contribution in [-0.4, -0.2) is 9.97 Å². The van der Waals surface area contributed by atoms with E-state index in [2.05, 4.69) is 36.0 Å². The topological polar surface area (TPSA) is 28.7 Å². The van der Waals surface area contributed by atoms with Crippen molar-refractivity contribution in [3.8, 4) is 0 Å². The van der Waals surface area contributed by atoms with Crippen molar-refractivity contribution in [2.45, 2.75) is 53.9 Å². The van der Waals surface area contributed by atoms with Gasteiger partial charge in [0.05, 0.1) is 10.7 Å². The summed E-state index contributed by atoms with van der Waals surface area (Å²) in [4.78, 5) is 7.51. The Balaban J connectivity index is 0.000000342. The van der Waals surface area contributed by atoms with Gasteiger partial charge in [-0.05, 0) is 19.8 Å². The Hall–Kier alpha value is -1.05. The second-order valence-corrected chi connectivity index (χ2v) is 3.31. The normalized spacial score (nSPS) is 11.8. The monoisotopic (exact) mass is 208 g/mol. The number of H-pyrrole nitrogens is 1. The maximum absolute atomic E-state index is 4.31. The van der Waals surface area contributed by atoms with Crippen LogP contribution in [0.2, 0.25) is 0 Å². The second-order valence-electron chi connectivity index (χ2n) is 3.31. The quantitative estimate of drug-likeness (QED) is 0.697. The molecule has 86 valence electrons. The van der Waals surface area contributed by atoms with E-state index >= 15 is 0 Å². The number of hydrogen-bond donors (Lipinski definition) is 1. The van der Waals surface area contributed by atoms with Gasteiger partial charge in [0, 0.05) is 0 Å². The molecule has 1 aliphatic rings. The Labute approximate surface area is 93.1 Å². The van der Waals surface area contributed by atoms with Gasteiger partial charge in [-0.2, -0.15) is 0 Å². The highest BCUT2D eigenvalue weighted by atomic mass is 14.9. The number of rotatable bonds is 0. The Morgan fingerprint density at radius 1 is 1.20 bits per heavy atom. The van der Waals surface area contributed by atoms with E-state index in [1.165, 1.54) is 11.8 Å². The molecular formula is C13H24N2. The highest BCUT2D eigenvalue weighted by Crippen LogP contribution is 1.93. The SMILES string of the molecule is CC.CCC.Cc1nc2c([nH]1)=CCCC=2. The molecule has 0 aliphatic heterocycles. The third-order valence-corrected chi connectivity index (χ3v) is 1.73. The fourth-order valence-electron chi connectivity index (χ4n) is 1.29. The molecule has 2 heteroatoms. The number of nitrogens with zero attached hydrogens (tertiary/aromatic N) is 1. The van der Waals surface area contributed by atoms with Gasteiger partial charge in [0.25, 0.3) is 0 Å². The average Bonchev–Trinajstić information content (AvgIpc) is 2.62. The first kappa shape index (κ1) is 13.9. The Morgan fingerprint density at radius 2 is 1.73 bits per heavy atom. The van der Waals surface area contributed by atoms with Crippen LogP contribution in [0.4, 0.5) is 0 Å². The number of aryl methyl sites for hydroxylation is 1. The smallest absolute Gasteiger partial charge is 0.104 e. The Kier molecular flexibility index (Phi) is 7.69. The average molecular weight is 208 g/mol. The maximum Gasteiger partial charge on any atom is 0.104 e. The van der Waals surface area contributed by atoms with Gasteiger partial charge in [-0.15, -0.1) is 0 Å². The van der Waals surface area contributed by atoms with E-state index in [1.54, 1.807) is 0 Å². The van der Waals surface area contributed by atoms with Crippen molar-refractivity contribution in [3.05, 3.63) is 16.5 Å². The highest BCUT2D eigenvalue weighted by Gasteiger charge is 1.95. The first-order chi connectivity index (χ1) is 7.27. The fraction of sp³-hybridized carbons (Fsp3) is 0.615. The van der Waals surface area contributed by atoms with E-state index in [0.717, 1.165) is 24.0 Å². The van der Waals surface area contributed by atoms with E-state index < -0.39 is 0 Å². The van der Waals surface area contributed by atoms with Crippen LogP contribution >= 0.6 is 0 Å². The third-order valence-electron chi connectivity index (χ3n) is 1.73. The van der Waals surface area contributed by atoms with Crippen molar-refractivity contribution in [2.24, 2.45) is 0 Å². The van der Waals surface area contributed by atoms with E-state index in [-0.39, 0.29) is 0 Å². The van der Waals surface area contributed by atoms with Gasteiger partial charge in [0.15, 0.2) is 0 Å². The zero-order valence-corrected chi connectivity index (χ0v) is 10.7. The summed E-state index contributed by atoms with van der Waals surface area (Å²) in [6.45, 7) is 10.2. The number of nitrogens with one attached hydrogen (secondary N) is 1. The summed E-state index contributed by atoms with van der Waals surface area (Å²) in [5, 5.41) is 2.33. The molecule has 1 heterocycles. The summed E-state index contributed by atoms with van der Waals surface area (Å²) in [7, 11) is 0. The molecular weight excluding hydrogens is 184 g/mol. The lowest BCUT2D eigenvalue weighted by Gasteiger charge is -1.89. The Morgan fingerprint density at radius 3 is 2.27 bits per heavy atom. The lowest BCUT2D eigenvalue weighted by Crippen LogP contribution is -2.26. The molecule has 1 aromatic rings. The molecule has 0 unspecified atom stereocenters. The summed E-state index contributed by atoms with van der Waals surface area (Å²) in [6, 6.07) is 0. The van der Waals surface area contributed by atoms with E-state index in [4.69, 9.17) is 0 Å². The molecule has 0 saturated carbocycles. The van der Waals surface area contributed by atoms with Crippen molar-refractivity contribution in [3.63, 3.8) is 0 Å². The molecule has 1 aromatic heterocycles. The largest absolute Gasteiger partial charge is 0.342 e. The molecule has 0 aromatic carbocycles. The third kappa shape index (κ3) is 4.82. The van der Waals surface area contributed by atoms with Gasteiger partial charge in [0.1, 0.15) is 5.82 Å². The summed E-state index contributed by atoms with van der Waals surface area (Å²) < 4.78 is 0. The van der Waals surface area contributed by atoms with Crippen molar-refractivity contribution in [2.75, 3.05) is 0 Å². The minimum absolute atomic E-state index is 1.01. The summed E-state index contributed by atoms with van der Waals surface area (Å²) in [5.41, 5.74) is 0. The van der Waals surface area contributed by atoms with Gasteiger partial charge in [-0.25, -0.2) is 4.98 Å². The van der Waals surface area contributed by atoms with E-state index in [0.29, 0.717) is 0 Å². The molecule has 1 N–H and O–H groups in total. The molecule has 0 fully saturated rings. The molecule has 0 spiro atoms. The first-order valence-electron chi connectivity index (χ1n) is 6.01. The predicted octanol–water partition coefficient (Wildman–Crippen LogP) is 2.52. The Bertz CT molecular complexity index is 327. The van der Waals surface area contributed by atoms with Gasteiger partial charge >= 0.3 is 0 Å². The second kappa shape index (κ2) is 8.27. The van der Waals surface area contributed by atoms with E-state index in [9.17, 15) is 0 Å². The molecule has 0 saturated heterocycles. The number of aromatic amines is 1. The summed E-state index contributed by atoms with van der Waals surface area (Å²) in [6.07, 6.45) is 7.92. The fourth-order valence-corrected chi connectivity index (χ4v) is 1.29. The zero-order valence-electron chi connectivity index (χ0n) is 10.7. The number of hydrogen-bond acceptors (Lipinski definition) is 1. The van der Waals surface area contributed by atoms with Crippen LogP contribution in [0.15, 0.2) is 0 Å². The number of imidazole rings is 1. The van der Waals surface area contributed by atoms with Gasteiger partial charge < -0.3 is 4.98 Å². The predicted molar refractivity (Wildman–Crippen MR) is 68.1 cm³/mol. The molecule has 0 atom stereocenters. The summed E-state index contributed by atoms with van der Waals surface area (Å²) in [5.74, 6) is 1.01. The van der Waals surface area contributed by atoms with Crippen LogP contribution in [0, 0.1) is 6.92 Å². The van der Waals surface area contributed by atoms with Crippen LogP contribution in [0.1, 0.15) is 52.8 Å². The van der Waals surface area contributed by atoms with Crippen molar-refractivity contribution in [1.82, 2.24) is 9.97 Å².